The quantitative estimate of drug-likeness (QED) is 0.350. The van der Waals surface area contributed by atoms with Crippen molar-refractivity contribution in [2.45, 2.75) is 98.3 Å². The fourth-order valence-corrected chi connectivity index (χ4v) is 7.30. The number of hydrogen-bond donors (Lipinski definition) is 0. The van der Waals surface area contributed by atoms with E-state index >= 15 is 0 Å². The van der Waals surface area contributed by atoms with Crippen LogP contribution in [-0.4, -0.2) is 52.2 Å². The molecule has 0 radical (unpaired) electrons. The molecule has 1 amide bonds. The van der Waals surface area contributed by atoms with Gasteiger partial charge in [0.2, 0.25) is 0 Å². The highest BCUT2D eigenvalue weighted by Crippen LogP contribution is 2.36. The maximum Gasteiger partial charge on any atom is 0.410 e. The Labute approximate surface area is 205 Å². The Morgan fingerprint density at radius 3 is 1.94 bits per heavy atom. The Morgan fingerprint density at radius 1 is 1.00 bits per heavy atom. The highest BCUT2D eigenvalue weighted by atomic mass is 28.4. The molecule has 0 heterocycles. The van der Waals surface area contributed by atoms with Gasteiger partial charge in [-0.05, 0) is 44.8 Å². The van der Waals surface area contributed by atoms with E-state index in [0.717, 1.165) is 5.20 Å². The van der Waals surface area contributed by atoms with Crippen molar-refractivity contribution in [3.05, 3.63) is 42.1 Å². The first-order valence-electron chi connectivity index (χ1n) is 12.2. The third kappa shape index (κ3) is 8.11. The summed E-state index contributed by atoms with van der Waals surface area (Å²) in [6.45, 7) is 31.5. The van der Waals surface area contributed by atoms with Crippen LogP contribution in [0.2, 0.25) is 31.2 Å². The number of rotatable bonds is 9. The van der Waals surface area contributed by atoms with Gasteiger partial charge < -0.3 is 9.16 Å². The molecule has 1 aromatic rings. The highest BCUT2D eigenvalue weighted by Gasteiger charge is 2.41. The average molecular weight is 492 g/mol. The summed E-state index contributed by atoms with van der Waals surface area (Å²) in [6, 6.07) is 10.5. The summed E-state index contributed by atoms with van der Waals surface area (Å²) in [6.07, 6.45) is -0.293. The van der Waals surface area contributed by atoms with Gasteiger partial charge in [0.05, 0.1) is 12.6 Å². The van der Waals surface area contributed by atoms with Gasteiger partial charge in [-0.1, -0.05) is 88.4 Å². The lowest BCUT2D eigenvalue weighted by Gasteiger charge is -2.42. The second-order valence-electron chi connectivity index (χ2n) is 12.5. The van der Waals surface area contributed by atoms with Crippen LogP contribution >= 0.6 is 0 Å². The van der Waals surface area contributed by atoms with Crippen LogP contribution in [0.3, 0.4) is 0 Å². The van der Waals surface area contributed by atoms with Crippen LogP contribution in [0, 0.1) is 5.92 Å². The van der Waals surface area contributed by atoms with Crippen molar-refractivity contribution < 1.29 is 14.0 Å². The van der Waals surface area contributed by atoms with E-state index in [-0.39, 0.29) is 23.1 Å². The molecule has 0 aliphatic heterocycles. The molecule has 6 heteroatoms. The van der Waals surface area contributed by atoms with E-state index in [1.165, 1.54) is 5.19 Å². The van der Waals surface area contributed by atoms with Gasteiger partial charge in [0.15, 0.2) is 8.32 Å². The first-order valence-corrected chi connectivity index (χ1v) is 18.1. The fourth-order valence-electron chi connectivity index (χ4n) is 3.64. The minimum absolute atomic E-state index is 0.118. The zero-order valence-corrected chi connectivity index (χ0v) is 25.3. The van der Waals surface area contributed by atoms with E-state index in [1.807, 2.05) is 31.7 Å². The van der Waals surface area contributed by atoms with Crippen LogP contribution in [0.15, 0.2) is 42.1 Å². The number of carbonyl (C=O) groups excluding carboxylic acids is 1. The molecule has 0 unspecified atom stereocenters. The van der Waals surface area contributed by atoms with Crippen LogP contribution in [0.25, 0.3) is 0 Å². The number of amides is 1. The molecular weight excluding hydrogens is 442 g/mol. The van der Waals surface area contributed by atoms with Crippen molar-refractivity contribution >= 4 is 27.7 Å². The van der Waals surface area contributed by atoms with E-state index in [4.69, 9.17) is 9.16 Å². The van der Waals surface area contributed by atoms with Crippen molar-refractivity contribution in [2.24, 2.45) is 5.92 Å². The molecule has 0 bridgehead atoms. The summed E-state index contributed by atoms with van der Waals surface area (Å²) in [5, 5.41) is 2.58. The molecule has 1 aromatic carbocycles. The van der Waals surface area contributed by atoms with Crippen molar-refractivity contribution in [1.82, 2.24) is 4.90 Å². The predicted molar refractivity (Wildman–Crippen MR) is 147 cm³/mol. The van der Waals surface area contributed by atoms with Crippen LogP contribution < -0.4 is 5.19 Å². The smallest absolute Gasteiger partial charge is 0.410 e. The van der Waals surface area contributed by atoms with Gasteiger partial charge in [0.25, 0.3) is 0 Å². The maximum absolute atomic E-state index is 13.5. The third-order valence-electron chi connectivity index (χ3n) is 6.85. The lowest BCUT2D eigenvalue weighted by atomic mass is 10.0. The zero-order chi connectivity index (χ0) is 25.8. The predicted octanol–water partition coefficient (Wildman–Crippen LogP) is 6.98. The van der Waals surface area contributed by atoms with Crippen molar-refractivity contribution in [3.63, 3.8) is 0 Å². The zero-order valence-electron chi connectivity index (χ0n) is 23.3. The SMILES string of the molecule is C=C([C@@H](C(C)C)N(CCO[Si](C)(C)C(C)(C)C)C(=O)OC(C)(C)C)[Si](C)(C)c1ccccc1. The fraction of sp³-hybridized carbons (Fsp3) is 0.667. The lowest BCUT2D eigenvalue weighted by molar-refractivity contribution is 0.0124. The summed E-state index contributed by atoms with van der Waals surface area (Å²) in [7, 11) is -3.98. The molecule has 0 fully saturated rings. The number of ether oxygens (including phenoxy) is 1. The van der Waals surface area contributed by atoms with Crippen molar-refractivity contribution in [1.29, 1.82) is 0 Å². The van der Waals surface area contributed by atoms with Gasteiger partial charge in [0, 0.05) is 6.54 Å². The molecule has 0 N–H and O–H groups in total. The largest absolute Gasteiger partial charge is 0.444 e. The van der Waals surface area contributed by atoms with Gasteiger partial charge >= 0.3 is 6.09 Å². The van der Waals surface area contributed by atoms with Crippen molar-refractivity contribution in [2.75, 3.05) is 13.2 Å². The Balaban J connectivity index is 3.30. The van der Waals surface area contributed by atoms with Crippen molar-refractivity contribution in [3.8, 4) is 0 Å². The van der Waals surface area contributed by atoms with E-state index < -0.39 is 22.0 Å². The first-order chi connectivity index (χ1) is 14.8. The van der Waals surface area contributed by atoms with Gasteiger partial charge in [-0.3, -0.25) is 4.90 Å². The molecule has 0 aromatic heterocycles. The van der Waals surface area contributed by atoms with Crippen LogP contribution in [0.5, 0.6) is 0 Å². The van der Waals surface area contributed by atoms with Gasteiger partial charge in [-0.15, -0.1) is 6.58 Å². The Bertz CT molecular complexity index is 790. The van der Waals surface area contributed by atoms with Gasteiger partial charge in [0.1, 0.15) is 13.7 Å². The number of carbonyl (C=O) groups is 1. The normalized spacial score (nSPS) is 14.2. The summed E-state index contributed by atoms with van der Waals surface area (Å²) in [5.74, 6) is 0.202. The molecule has 188 valence electrons. The van der Waals surface area contributed by atoms with Crippen LogP contribution in [0.1, 0.15) is 55.4 Å². The minimum atomic E-state index is -2.06. The Morgan fingerprint density at radius 2 is 1.52 bits per heavy atom. The highest BCUT2D eigenvalue weighted by molar-refractivity contribution is 6.95. The molecule has 0 saturated heterocycles. The molecule has 1 rings (SSSR count). The Kier molecular flexibility index (Phi) is 9.81. The second kappa shape index (κ2) is 10.9. The molecular formula is C27H49NO3Si2. The lowest BCUT2D eigenvalue weighted by Crippen LogP contribution is -2.56. The second-order valence-corrected chi connectivity index (χ2v) is 21.8. The summed E-state index contributed by atoms with van der Waals surface area (Å²) >= 11 is 0. The standard InChI is InChI=1S/C27H49NO3Si2/c1-21(2)24(22(3)32(10,11)23-17-15-14-16-18-23)28(25(29)31-26(4,5)6)19-20-30-33(12,13)27(7,8)9/h14-18,21,24H,3,19-20H2,1-2,4-13H3/t24-/m1/s1. The molecule has 0 spiro atoms. The van der Waals surface area contributed by atoms with Crippen LogP contribution in [0.4, 0.5) is 4.79 Å². The van der Waals surface area contributed by atoms with E-state index in [1.54, 1.807) is 0 Å². The molecule has 33 heavy (non-hydrogen) atoms. The molecule has 0 aliphatic rings. The summed E-state index contributed by atoms with van der Waals surface area (Å²) in [5.41, 5.74) is -0.565. The Hall–Kier alpha value is -1.38. The van der Waals surface area contributed by atoms with Gasteiger partial charge in [-0.2, -0.15) is 0 Å². The van der Waals surface area contributed by atoms with Crippen LogP contribution in [-0.2, 0) is 9.16 Å². The van der Waals surface area contributed by atoms with E-state index in [0.29, 0.717) is 13.2 Å². The number of hydrogen-bond acceptors (Lipinski definition) is 3. The molecule has 4 nitrogen and oxygen atoms in total. The minimum Gasteiger partial charge on any atom is -0.444 e. The molecule has 0 saturated carbocycles. The summed E-state index contributed by atoms with van der Waals surface area (Å²) in [4.78, 5) is 15.3. The average Bonchev–Trinajstić information content (AvgIpc) is 2.64. The monoisotopic (exact) mass is 491 g/mol. The summed E-state index contributed by atoms with van der Waals surface area (Å²) < 4.78 is 12.3. The van der Waals surface area contributed by atoms with Gasteiger partial charge in [-0.25, -0.2) is 4.79 Å². The molecule has 0 aliphatic carbocycles. The maximum atomic E-state index is 13.5. The topological polar surface area (TPSA) is 38.8 Å². The van der Waals surface area contributed by atoms with E-state index in [9.17, 15) is 4.79 Å². The third-order valence-corrected chi connectivity index (χ3v) is 15.1. The van der Waals surface area contributed by atoms with E-state index in [2.05, 4.69) is 91.7 Å². The number of nitrogens with zero attached hydrogens (tertiary/aromatic N) is 1. The molecule has 1 atom stereocenters. The first kappa shape index (κ1) is 29.7. The number of benzene rings is 1.